The summed E-state index contributed by atoms with van der Waals surface area (Å²) in [5.74, 6) is 0.240. The third-order valence-corrected chi connectivity index (χ3v) is 2.03. The van der Waals surface area contributed by atoms with Crippen molar-refractivity contribution in [3.05, 3.63) is 41.2 Å². The van der Waals surface area contributed by atoms with Crippen molar-refractivity contribution in [2.45, 2.75) is 0 Å². The Morgan fingerprint density at radius 1 is 1.40 bits per heavy atom. The largest absolute Gasteiger partial charge is 0.444 e. The number of rotatable bonds is 2. The van der Waals surface area contributed by atoms with Gasteiger partial charge in [-0.05, 0) is 28.1 Å². The Morgan fingerprint density at radius 3 is 2.87 bits per heavy atom. The first-order valence-corrected chi connectivity index (χ1v) is 4.88. The quantitative estimate of drug-likeness (QED) is 0.905. The molecule has 0 atom stereocenters. The number of anilines is 1. The van der Waals surface area contributed by atoms with Crippen molar-refractivity contribution in [1.82, 2.24) is 9.97 Å². The summed E-state index contributed by atoms with van der Waals surface area (Å²) in [5.41, 5.74) is 0. The maximum atomic E-state index is 11.5. The lowest BCUT2D eigenvalue weighted by atomic mass is 10.4. The molecule has 0 radical (unpaired) electrons. The molecular weight excluding hydrogens is 262 g/mol. The van der Waals surface area contributed by atoms with Crippen molar-refractivity contribution in [1.29, 1.82) is 0 Å². The number of halogens is 1. The molecule has 15 heavy (non-hydrogen) atoms. The van der Waals surface area contributed by atoms with Crippen molar-refractivity contribution in [3.8, 4) is 0 Å². The average Bonchev–Trinajstić information content (AvgIpc) is 2.66. The number of carbonyl (C=O) groups is 1. The molecule has 2 aromatic rings. The lowest BCUT2D eigenvalue weighted by Crippen LogP contribution is -2.11. The molecule has 1 N–H and O–H groups in total. The topological polar surface area (TPSA) is 68.0 Å². The molecule has 0 aliphatic heterocycles. The zero-order chi connectivity index (χ0) is 10.7. The molecule has 0 saturated heterocycles. The highest BCUT2D eigenvalue weighted by Crippen LogP contribution is 2.14. The second kappa shape index (κ2) is 4.22. The maximum Gasteiger partial charge on any atom is 0.292 e. The molecule has 1 amide bonds. The Balaban J connectivity index is 2.11. The molecule has 0 spiro atoms. The van der Waals surface area contributed by atoms with Crippen LogP contribution >= 0.6 is 15.9 Å². The van der Waals surface area contributed by atoms with E-state index >= 15 is 0 Å². The highest BCUT2D eigenvalue weighted by Gasteiger charge is 2.10. The molecule has 2 rings (SSSR count). The number of carbonyl (C=O) groups excluding carboxylic acids is 1. The van der Waals surface area contributed by atoms with E-state index in [4.69, 9.17) is 4.42 Å². The van der Waals surface area contributed by atoms with E-state index in [2.05, 4.69) is 31.2 Å². The van der Waals surface area contributed by atoms with Crippen LogP contribution in [0.1, 0.15) is 10.6 Å². The van der Waals surface area contributed by atoms with Crippen molar-refractivity contribution >= 4 is 27.7 Å². The third kappa shape index (κ3) is 2.41. The summed E-state index contributed by atoms with van der Waals surface area (Å²) in [6.45, 7) is 0. The standard InChI is InChI=1S/C9H6BrN3O2/c10-7-2-1-6(15-7)9(14)13-8-5-11-3-4-12-8/h1-5H,(H,12,13,14). The van der Waals surface area contributed by atoms with Crippen LogP contribution in [-0.4, -0.2) is 15.9 Å². The van der Waals surface area contributed by atoms with E-state index in [-0.39, 0.29) is 11.7 Å². The summed E-state index contributed by atoms with van der Waals surface area (Å²) in [4.78, 5) is 19.3. The predicted octanol–water partition coefficient (Wildman–Crippen LogP) is 2.08. The Labute approximate surface area is 93.7 Å². The van der Waals surface area contributed by atoms with E-state index in [0.717, 1.165) is 0 Å². The molecule has 0 aliphatic carbocycles. The van der Waals surface area contributed by atoms with Gasteiger partial charge in [-0.2, -0.15) is 0 Å². The Bertz CT molecular complexity index is 469. The summed E-state index contributed by atoms with van der Waals surface area (Å²) in [7, 11) is 0. The van der Waals surface area contributed by atoms with E-state index in [1.165, 1.54) is 18.6 Å². The van der Waals surface area contributed by atoms with Crippen LogP contribution in [0.5, 0.6) is 0 Å². The van der Waals surface area contributed by atoms with E-state index in [0.29, 0.717) is 10.5 Å². The van der Waals surface area contributed by atoms with Crippen LogP contribution in [0.25, 0.3) is 0 Å². The van der Waals surface area contributed by atoms with Crippen molar-refractivity contribution in [3.63, 3.8) is 0 Å². The number of nitrogens with zero attached hydrogens (tertiary/aromatic N) is 2. The van der Waals surface area contributed by atoms with Crippen LogP contribution in [0, 0.1) is 0 Å². The lowest BCUT2D eigenvalue weighted by Gasteiger charge is -1.99. The molecule has 76 valence electrons. The Hall–Kier alpha value is -1.69. The van der Waals surface area contributed by atoms with Gasteiger partial charge in [0.1, 0.15) is 0 Å². The average molecular weight is 268 g/mol. The van der Waals surface area contributed by atoms with Gasteiger partial charge in [0.25, 0.3) is 5.91 Å². The highest BCUT2D eigenvalue weighted by molar-refractivity contribution is 9.10. The van der Waals surface area contributed by atoms with E-state index in [1.54, 1.807) is 12.1 Å². The van der Waals surface area contributed by atoms with Gasteiger partial charge in [-0.25, -0.2) is 4.98 Å². The number of nitrogens with one attached hydrogen (secondary N) is 1. The van der Waals surface area contributed by atoms with E-state index in [9.17, 15) is 4.79 Å². The molecule has 0 aliphatic rings. The second-order valence-corrected chi connectivity index (χ2v) is 3.43. The number of hydrogen-bond acceptors (Lipinski definition) is 4. The minimum absolute atomic E-state index is 0.215. The fourth-order valence-electron chi connectivity index (χ4n) is 0.978. The van der Waals surface area contributed by atoms with Crippen LogP contribution in [0.15, 0.2) is 39.8 Å². The summed E-state index contributed by atoms with van der Waals surface area (Å²) < 4.78 is 5.58. The number of furan rings is 1. The van der Waals surface area contributed by atoms with Gasteiger partial charge < -0.3 is 9.73 Å². The normalized spacial score (nSPS) is 9.93. The summed E-state index contributed by atoms with van der Waals surface area (Å²) in [5, 5.41) is 2.54. The minimum atomic E-state index is -0.360. The van der Waals surface area contributed by atoms with Crippen LogP contribution in [-0.2, 0) is 0 Å². The smallest absolute Gasteiger partial charge is 0.292 e. The van der Waals surface area contributed by atoms with Gasteiger partial charge in [-0.15, -0.1) is 0 Å². The van der Waals surface area contributed by atoms with Gasteiger partial charge in [0.15, 0.2) is 16.2 Å². The molecule has 0 unspecified atom stereocenters. The van der Waals surface area contributed by atoms with E-state index < -0.39 is 0 Å². The first-order chi connectivity index (χ1) is 7.25. The van der Waals surface area contributed by atoms with Gasteiger partial charge in [-0.3, -0.25) is 9.78 Å². The zero-order valence-corrected chi connectivity index (χ0v) is 9.06. The molecular formula is C9H6BrN3O2. The predicted molar refractivity (Wildman–Crippen MR) is 56.4 cm³/mol. The first-order valence-electron chi connectivity index (χ1n) is 4.08. The molecule has 0 bridgehead atoms. The van der Waals surface area contributed by atoms with Crippen molar-refractivity contribution in [2.24, 2.45) is 0 Å². The zero-order valence-electron chi connectivity index (χ0n) is 7.48. The number of hydrogen-bond donors (Lipinski definition) is 1. The van der Waals surface area contributed by atoms with E-state index in [1.807, 2.05) is 0 Å². The second-order valence-electron chi connectivity index (χ2n) is 2.65. The number of aromatic nitrogens is 2. The summed E-state index contributed by atoms with van der Waals surface area (Å²) in [6, 6.07) is 3.21. The minimum Gasteiger partial charge on any atom is -0.444 e. The Kier molecular flexibility index (Phi) is 2.77. The molecule has 5 nitrogen and oxygen atoms in total. The fraction of sp³-hybridized carbons (Fsp3) is 0. The maximum absolute atomic E-state index is 11.5. The van der Waals surface area contributed by atoms with Gasteiger partial charge in [0, 0.05) is 12.4 Å². The molecule has 2 aromatic heterocycles. The SMILES string of the molecule is O=C(Nc1cnccn1)c1ccc(Br)o1. The van der Waals surface area contributed by atoms with Crippen LogP contribution in [0.3, 0.4) is 0 Å². The lowest BCUT2D eigenvalue weighted by molar-refractivity contribution is 0.0995. The molecule has 6 heteroatoms. The fourth-order valence-corrected chi connectivity index (χ4v) is 1.28. The van der Waals surface area contributed by atoms with Crippen molar-refractivity contribution in [2.75, 3.05) is 5.32 Å². The number of amides is 1. The monoisotopic (exact) mass is 267 g/mol. The van der Waals surface area contributed by atoms with Gasteiger partial charge >= 0.3 is 0 Å². The van der Waals surface area contributed by atoms with Crippen LogP contribution < -0.4 is 5.32 Å². The first kappa shape index (κ1) is 9.85. The summed E-state index contributed by atoms with van der Waals surface area (Å²) in [6.07, 6.45) is 4.47. The summed E-state index contributed by atoms with van der Waals surface area (Å²) >= 11 is 3.11. The van der Waals surface area contributed by atoms with Gasteiger partial charge in [0.2, 0.25) is 0 Å². The third-order valence-electron chi connectivity index (χ3n) is 1.60. The molecule has 0 fully saturated rings. The van der Waals surface area contributed by atoms with Crippen LogP contribution in [0.4, 0.5) is 5.82 Å². The van der Waals surface area contributed by atoms with Crippen LogP contribution in [0.2, 0.25) is 0 Å². The molecule has 2 heterocycles. The van der Waals surface area contributed by atoms with Gasteiger partial charge in [-0.1, -0.05) is 0 Å². The van der Waals surface area contributed by atoms with Crippen molar-refractivity contribution < 1.29 is 9.21 Å². The molecule has 0 saturated carbocycles. The Morgan fingerprint density at radius 2 is 2.27 bits per heavy atom. The van der Waals surface area contributed by atoms with Gasteiger partial charge in [0.05, 0.1) is 6.20 Å². The molecule has 0 aromatic carbocycles. The highest BCUT2D eigenvalue weighted by atomic mass is 79.9.